The lowest BCUT2D eigenvalue weighted by Crippen LogP contribution is -2.23. The number of rotatable bonds is 4. The van der Waals surface area contributed by atoms with E-state index in [0.717, 1.165) is 24.2 Å². The maximum Gasteiger partial charge on any atom is 0.269 e. The molecule has 2 aromatic heterocycles. The second-order valence-electron chi connectivity index (χ2n) is 6.17. The molecule has 2 N–H and O–H groups in total. The van der Waals surface area contributed by atoms with E-state index < -0.39 is 11.9 Å². The topological polar surface area (TPSA) is 78.1 Å². The number of aryl methyl sites for hydroxylation is 1. The van der Waals surface area contributed by atoms with E-state index in [1.54, 1.807) is 6.07 Å². The normalized spacial score (nSPS) is 16.9. The fraction of sp³-hybridized carbons (Fsp3) is 0.389. The Hall–Kier alpha value is -2.70. The highest BCUT2D eigenvalue weighted by Gasteiger charge is 2.26. The molecule has 1 saturated heterocycles. The second-order valence-corrected chi connectivity index (χ2v) is 6.17. The number of halogens is 1. The summed E-state index contributed by atoms with van der Waals surface area (Å²) in [5, 5.41) is 2.45. The Morgan fingerprint density at radius 3 is 2.92 bits per heavy atom. The highest BCUT2D eigenvalue weighted by Crippen LogP contribution is 2.30. The van der Waals surface area contributed by atoms with Crippen LogP contribution in [-0.4, -0.2) is 36.0 Å². The van der Waals surface area contributed by atoms with Crippen molar-refractivity contribution in [1.29, 1.82) is 0 Å². The average molecular weight is 344 g/mol. The van der Waals surface area contributed by atoms with Crippen molar-refractivity contribution in [3.63, 3.8) is 0 Å². The molecular formula is C18H21FN4O2. The van der Waals surface area contributed by atoms with Gasteiger partial charge >= 0.3 is 0 Å². The molecule has 1 fully saturated rings. The van der Waals surface area contributed by atoms with Gasteiger partial charge in [-0.2, -0.15) is 4.39 Å². The first-order valence-corrected chi connectivity index (χ1v) is 8.38. The summed E-state index contributed by atoms with van der Waals surface area (Å²) >= 11 is 0. The number of aromatic amines is 1. The summed E-state index contributed by atoms with van der Waals surface area (Å²) in [6.45, 7) is 3.32. The molecule has 25 heavy (non-hydrogen) atoms. The second kappa shape index (κ2) is 7.04. The molecule has 0 bridgehead atoms. The van der Waals surface area contributed by atoms with Crippen LogP contribution in [0.25, 0.3) is 0 Å². The first kappa shape index (κ1) is 17.1. The minimum absolute atomic E-state index is 0.0460. The number of anilines is 1. The van der Waals surface area contributed by atoms with E-state index in [4.69, 9.17) is 0 Å². The standard InChI is InChI=1S/C18H21FN4O2/c1-3-11-4-5-14(22-17(11)24)12-6-7-23(10-12)13-8-15(18(25)20-2)21-16(19)9-13/h4-5,8-9,12H,3,6-7,10H2,1-2H3,(H,20,25)(H,22,24). The van der Waals surface area contributed by atoms with E-state index in [1.807, 2.05) is 24.0 Å². The Kier molecular flexibility index (Phi) is 4.83. The van der Waals surface area contributed by atoms with Crippen LogP contribution >= 0.6 is 0 Å². The number of nitrogens with zero attached hydrogens (tertiary/aromatic N) is 2. The summed E-state index contributed by atoms with van der Waals surface area (Å²) in [5.41, 5.74) is 2.30. The summed E-state index contributed by atoms with van der Waals surface area (Å²) in [6.07, 6.45) is 1.55. The minimum atomic E-state index is -0.680. The molecule has 1 unspecified atom stereocenters. The Bertz CT molecular complexity index is 849. The Morgan fingerprint density at radius 2 is 2.24 bits per heavy atom. The third-order valence-electron chi connectivity index (χ3n) is 4.63. The van der Waals surface area contributed by atoms with Gasteiger partial charge in [0.15, 0.2) is 0 Å². The quantitative estimate of drug-likeness (QED) is 0.830. The summed E-state index contributed by atoms with van der Waals surface area (Å²) in [4.78, 5) is 32.3. The van der Waals surface area contributed by atoms with Gasteiger partial charge in [-0.1, -0.05) is 13.0 Å². The van der Waals surface area contributed by atoms with Crippen molar-refractivity contribution in [3.8, 4) is 0 Å². The highest BCUT2D eigenvalue weighted by atomic mass is 19.1. The Balaban J connectivity index is 1.81. The SMILES string of the molecule is CCc1ccc(C2CCN(c3cc(F)nc(C(=O)NC)c3)C2)[nH]c1=O. The molecule has 3 heterocycles. The predicted octanol–water partition coefficient (Wildman–Crippen LogP) is 1.82. The first-order chi connectivity index (χ1) is 12.0. The fourth-order valence-corrected chi connectivity index (χ4v) is 3.19. The number of nitrogens with one attached hydrogen (secondary N) is 2. The number of H-pyrrole nitrogens is 1. The first-order valence-electron chi connectivity index (χ1n) is 8.38. The number of hydrogen-bond acceptors (Lipinski definition) is 4. The maximum absolute atomic E-state index is 13.8. The molecule has 3 rings (SSSR count). The van der Waals surface area contributed by atoms with Crippen LogP contribution in [0.4, 0.5) is 10.1 Å². The van der Waals surface area contributed by atoms with E-state index in [-0.39, 0.29) is 17.2 Å². The lowest BCUT2D eigenvalue weighted by Gasteiger charge is -2.19. The van der Waals surface area contributed by atoms with Crippen molar-refractivity contribution >= 4 is 11.6 Å². The number of pyridine rings is 2. The van der Waals surface area contributed by atoms with E-state index in [0.29, 0.717) is 18.7 Å². The van der Waals surface area contributed by atoms with Gasteiger partial charge < -0.3 is 15.2 Å². The lowest BCUT2D eigenvalue weighted by molar-refractivity contribution is 0.0957. The van der Waals surface area contributed by atoms with Gasteiger partial charge in [0.05, 0.1) is 0 Å². The molecular weight excluding hydrogens is 323 g/mol. The van der Waals surface area contributed by atoms with Crippen LogP contribution in [0.3, 0.4) is 0 Å². The van der Waals surface area contributed by atoms with Crippen molar-refractivity contribution in [1.82, 2.24) is 15.3 Å². The zero-order valence-corrected chi connectivity index (χ0v) is 14.3. The Morgan fingerprint density at radius 1 is 1.44 bits per heavy atom. The molecule has 1 aliphatic heterocycles. The predicted molar refractivity (Wildman–Crippen MR) is 93.6 cm³/mol. The maximum atomic E-state index is 13.8. The molecule has 7 heteroatoms. The lowest BCUT2D eigenvalue weighted by atomic mass is 10.0. The fourth-order valence-electron chi connectivity index (χ4n) is 3.19. The zero-order valence-electron chi connectivity index (χ0n) is 14.3. The van der Waals surface area contributed by atoms with Gasteiger partial charge in [-0.15, -0.1) is 0 Å². The molecule has 2 aromatic rings. The number of aromatic nitrogens is 2. The van der Waals surface area contributed by atoms with Crippen molar-refractivity contribution in [2.24, 2.45) is 0 Å². The smallest absolute Gasteiger partial charge is 0.269 e. The largest absolute Gasteiger partial charge is 0.371 e. The molecule has 0 spiro atoms. The van der Waals surface area contributed by atoms with Crippen LogP contribution in [-0.2, 0) is 6.42 Å². The number of carbonyl (C=O) groups excluding carboxylic acids is 1. The molecule has 0 radical (unpaired) electrons. The van der Waals surface area contributed by atoms with Crippen LogP contribution in [0.15, 0.2) is 29.1 Å². The molecule has 0 aliphatic carbocycles. The summed E-state index contributed by atoms with van der Waals surface area (Å²) in [7, 11) is 1.48. The highest BCUT2D eigenvalue weighted by molar-refractivity contribution is 5.92. The van der Waals surface area contributed by atoms with Crippen molar-refractivity contribution in [2.75, 3.05) is 25.0 Å². The van der Waals surface area contributed by atoms with Crippen LogP contribution in [0.2, 0.25) is 0 Å². The zero-order chi connectivity index (χ0) is 18.0. The molecule has 132 valence electrons. The Labute approximate surface area is 145 Å². The van der Waals surface area contributed by atoms with Crippen LogP contribution < -0.4 is 15.8 Å². The molecule has 0 aromatic carbocycles. The van der Waals surface area contributed by atoms with Crippen LogP contribution in [0, 0.1) is 5.95 Å². The summed E-state index contributed by atoms with van der Waals surface area (Å²) < 4.78 is 13.8. The van der Waals surface area contributed by atoms with Crippen molar-refractivity contribution < 1.29 is 9.18 Å². The van der Waals surface area contributed by atoms with Gasteiger partial charge in [0.1, 0.15) is 5.69 Å². The summed E-state index contributed by atoms with van der Waals surface area (Å²) in [5.74, 6) is -0.936. The number of amides is 1. The third-order valence-corrected chi connectivity index (χ3v) is 4.63. The minimum Gasteiger partial charge on any atom is -0.371 e. The van der Waals surface area contributed by atoms with E-state index >= 15 is 0 Å². The van der Waals surface area contributed by atoms with Gasteiger partial charge in [-0.3, -0.25) is 9.59 Å². The van der Waals surface area contributed by atoms with Gasteiger partial charge in [-0.25, -0.2) is 4.98 Å². The van der Waals surface area contributed by atoms with Gasteiger partial charge in [-0.05, 0) is 25.0 Å². The van der Waals surface area contributed by atoms with Crippen molar-refractivity contribution in [3.05, 3.63) is 57.5 Å². The molecule has 1 amide bonds. The monoisotopic (exact) mass is 344 g/mol. The van der Waals surface area contributed by atoms with E-state index in [1.165, 1.54) is 13.1 Å². The third kappa shape index (κ3) is 3.55. The van der Waals surface area contributed by atoms with Gasteiger partial charge in [0.2, 0.25) is 5.95 Å². The molecule has 1 atom stereocenters. The average Bonchev–Trinajstić information content (AvgIpc) is 3.10. The van der Waals surface area contributed by atoms with E-state index in [2.05, 4.69) is 15.3 Å². The summed E-state index contributed by atoms with van der Waals surface area (Å²) in [6, 6.07) is 6.75. The van der Waals surface area contributed by atoms with Gasteiger partial charge in [0.25, 0.3) is 11.5 Å². The molecule has 6 nitrogen and oxygen atoms in total. The van der Waals surface area contributed by atoms with Crippen LogP contribution in [0.5, 0.6) is 0 Å². The van der Waals surface area contributed by atoms with Gasteiger partial charge in [0, 0.05) is 49.1 Å². The molecule has 0 saturated carbocycles. The molecule has 1 aliphatic rings. The number of carbonyl (C=O) groups is 1. The van der Waals surface area contributed by atoms with Crippen LogP contribution in [0.1, 0.15) is 41.0 Å². The number of hydrogen-bond donors (Lipinski definition) is 2. The van der Waals surface area contributed by atoms with Crippen molar-refractivity contribution in [2.45, 2.75) is 25.7 Å². The van der Waals surface area contributed by atoms with E-state index in [9.17, 15) is 14.0 Å².